The Kier molecular flexibility index (Phi) is 4.76. The molecule has 0 unspecified atom stereocenters. The minimum absolute atomic E-state index is 0.248. The van der Waals surface area contributed by atoms with Gasteiger partial charge in [-0.25, -0.2) is 13.1 Å². The normalized spacial score (nSPS) is 16.2. The lowest BCUT2D eigenvalue weighted by molar-refractivity contribution is 0.344. The van der Waals surface area contributed by atoms with Crippen molar-refractivity contribution in [3.8, 4) is 6.07 Å². The third-order valence-electron chi connectivity index (χ3n) is 3.51. The highest BCUT2D eigenvalue weighted by Crippen LogP contribution is 2.16. The van der Waals surface area contributed by atoms with Crippen LogP contribution in [-0.2, 0) is 10.0 Å². The first kappa shape index (κ1) is 15.0. The van der Waals surface area contributed by atoms with Gasteiger partial charge in [0.25, 0.3) is 0 Å². The van der Waals surface area contributed by atoms with E-state index in [4.69, 9.17) is 5.26 Å². The molecule has 5 nitrogen and oxygen atoms in total. The van der Waals surface area contributed by atoms with Gasteiger partial charge in [-0.2, -0.15) is 5.26 Å². The Morgan fingerprint density at radius 2 is 2.05 bits per heavy atom. The van der Waals surface area contributed by atoms with Gasteiger partial charge < -0.3 is 4.90 Å². The van der Waals surface area contributed by atoms with Crippen molar-refractivity contribution in [2.45, 2.75) is 24.7 Å². The molecule has 1 N–H and O–H groups in total. The minimum Gasteiger partial charge on any atom is -0.302 e. The van der Waals surface area contributed by atoms with E-state index in [2.05, 4.69) is 9.62 Å². The molecule has 1 aromatic rings. The molecule has 1 fully saturated rings. The van der Waals surface area contributed by atoms with E-state index in [9.17, 15) is 8.42 Å². The Morgan fingerprint density at radius 3 is 2.65 bits per heavy atom. The van der Waals surface area contributed by atoms with Crippen LogP contribution in [0.15, 0.2) is 23.1 Å². The number of rotatable bonds is 5. The first-order valence-corrected chi connectivity index (χ1v) is 8.24. The summed E-state index contributed by atoms with van der Waals surface area (Å²) in [5.41, 5.74) is 1.07. The molecule has 0 radical (unpaired) electrons. The maximum atomic E-state index is 12.2. The minimum atomic E-state index is -3.49. The van der Waals surface area contributed by atoms with Crippen LogP contribution in [0.3, 0.4) is 0 Å². The van der Waals surface area contributed by atoms with E-state index < -0.39 is 10.0 Å². The van der Waals surface area contributed by atoms with E-state index in [1.807, 2.05) is 6.07 Å². The quantitative estimate of drug-likeness (QED) is 0.886. The van der Waals surface area contributed by atoms with Gasteiger partial charge in [0.15, 0.2) is 0 Å². The van der Waals surface area contributed by atoms with E-state index in [-0.39, 0.29) is 4.90 Å². The zero-order chi connectivity index (χ0) is 14.6. The fourth-order valence-electron chi connectivity index (χ4n) is 2.44. The molecule has 0 atom stereocenters. The van der Waals surface area contributed by atoms with Gasteiger partial charge >= 0.3 is 0 Å². The molecule has 2 rings (SSSR count). The van der Waals surface area contributed by atoms with Gasteiger partial charge in [-0.05, 0) is 56.6 Å². The van der Waals surface area contributed by atoms with Crippen molar-refractivity contribution in [3.05, 3.63) is 29.3 Å². The van der Waals surface area contributed by atoms with Gasteiger partial charge in [0.2, 0.25) is 10.0 Å². The van der Waals surface area contributed by atoms with Crippen molar-refractivity contribution >= 4 is 10.0 Å². The Bertz CT molecular complexity index is 614. The summed E-state index contributed by atoms with van der Waals surface area (Å²) in [6.45, 7) is 4.97. The third-order valence-corrected chi connectivity index (χ3v) is 5.13. The topological polar surface area (TPSA) is 73.2 Å². The molecule has 0 aliphatic carbocycles. The molecule has 0 spiro atoms. The predicted molar refractivity (Wildman–Crippen MR) is 76.8 cm³/mol. The van der Waals surface area contributed by atoms with Crippen LogP contribution in [0.4, 0.5) is 0 Å². The summed E-state index contributed by atoms with van der Waals surface area (Å²) >= 11 is 0. The smallest absolute Gasteiger partial charge is 0.240 e. The molecule has 1 saturated heterocycles. The average molecular weight is 293 g/mol. The first-order chi connectivity index (χ1) is 9.53. The van der Waals surface area contributed by atoms with Crippen LogP contribution >= 0.6 is 0 Å². The molecule has 20 heavy (non-hydrogen) atoms. The predicted octanol–water partition coefficient (Wildman–Crippen LogP) is 1.24. The zero-order valence-corrected chi connectivity index (χ0v) is 12.4. The molecular formula is C14H19N3O2S. The van der Waals surface area contributed by atoms with Crippen molar-refractivity contribution in [1.29, 1.82) is 5.26 Å². The molecule has 1 aliphatic heterocycles. The van der Waals surface area contributed by atoms with Crippen molar-refractivity contribution in [2.75, 3.05) is 26.2 Å². The summed E-state index contributed by atoms with van der Waals surface area (Å²) in [4.78, 5) is 2.51. The van der Waals surface area contributed by atoms with E-state index in [0.717, 1.165) is 19.6 Å². The van der Waals surface area contributed by atoms with Crippen LogP contribution in [0, 0.1) is 18.3 Å². The summed E-state index contributed by atoms with van der Waals surface area (Å²) < 4.78 is 27.1. The fraction of sp³-hybridized carbons (Fsp3) is 0.500. The molecule has 108 valence electrons. The molecule has 0 saturated carbocycles. The number of likely N-dealkylation sites (tertiary alicyclic amines) is 1. The maximum absolute atomic E-state index is 12.2. The SMILES string of the molecule is Cc1cc(C#N)ccc1S(=O)(=O)NCCN1CCCC1. The Morgan fingerprint density at radius 1 is 1.35 bits per heavy atom. The first-order valence-electron chi connectivity index (χ1n) is 6.76. The third kappa shape index (κ3) is 3.57. The highest BCUT2D eigenvalue weighted by Gasteiger charge is 2.18. The van der Waals surface area contributed by atoms with Crippen molar-refractivity contribution < 1.29 is 8.42 Å². The second-order valence-corrected chi connectivity index (χ2v) is 6.77. The standard InChI is InChI=1S/C14H19N3O2S/c1-12-10-13(11-15)4-5-14(12)20(18,19)16-6-9-17-7-2-3-8-17/h4-5,10,16H,2-3,6-9H2,1H3. The maximum Gasteiger partial charge on any atom is 0.240 e. The number of nitrogens with zero attached hydrogens (tertiary/aromatic N) is 2. The number of nitrogens with one attached hydrogen (secondary N) is 1. The van der Waals surface area contributed by atoms with E-state index in [0.29, 0.717) is 17.7 Å². The lowest BCUT2D eigenvalue weighted by atomic mass is 10.2. The number of benzene rings is 1. The lowest BCUT2D eigenvalue weighted by Crippen LogP contribution is -2.33. The van der Waals surface area contributed by atoms with Gasteiger partial charge in [-0.1, -0.05) is 0 Å². The fourth-order valence-corrected chi connectivity index (χ4v) is 3.69. The molecular weight excluding hydrogens is 274 g/mol. The molecule has 0 aromatic heterocycles. The Labute approximate surface area is 120 Å². The molecule has 6 heteroatoms. The van der Waals surface area contributed by atoms with Crippen LogP contribution in [0.5, 0.6) is 0 Å². The van der Waals surface area contributed by atoms with Crippen LogP contribution in [0.25, 0.3) is 0 Å². The summed E-state index contributed by atoms with van der Waals surface area (Å²) in [7, 11) is -3.49. The number of hydrogen-bond donors (Lipinski definition) is 1. The summed E-state index contributed by atoms with van der Waals surface area (Å²) in [6, 6.07) is 6.62. The van der Waals surface area contributed by atoms with Crippen LogP contribution in [0.1, 0.15) is 24.0 Å². The molecule has 1 heterocycles. The second-order valence-electron chi connectivity index (χ2n) is 5.04. The van der Waals surface area contributed by atoms with Crippen molar-refractivity contribution in [1.82, 2.24) is 9.62 Å². The van der Waals surface area contributed by atoms with E-state index in [1.165, 1.54) is 25.0 Å². The molecule has 0 amide bonds. The van der Waals surface area contributed by atoms with Crippen molar-refractivity contribution in [3.63, 3.8) is 0 Å². The van der Waals surface area contributed by atoms with E-state index in [1.54, 1.807) is 13.0 Å². The van der Waals surface area contributed by atoms with Gasteiger partial charge in [-0.3, -0.25) is 0 Å². The van der Waals surface area contributed by atoms with Gasteiger partial charge in [0.05, 0.1) is 16.5 Å². The van der Waals surface area contributed by atoms with Crippen LogP contribution in [0.2, 0.25) is 0 Å². The monoisotopic (exact) mass is 293 g/mol. The number of aryl methyl sites for hydroxylation is 1. The molecule has 1 aliphatic rings. The average Bonchev–Trinajstić information content (AvgIpc) is 2.91. The number of nitriles is 1. The van der Waals surface area contributed by atoms with Crippen LogP contribution in [-0.4, -0.2) is 39.5 Å². The van der Waals surface area contributed by atoms with Crippen LogP contribution < -0.4 is 4.72 Å². The lowest BCUT2D eigenvalue weighted by Gasteiger charge is -2.15. The second kappa shape index (κ2) is 6.35. The highest BCUT2D eigenvalue weighted by molar-refractivity contribution is 7.89. The summed E-state index contributed by atoms with van der Waals surface area (Å²) in [5.74, 6) is 0. The molecule has 1 aromatic carbocycles. The number of sulfonamides is 1. The van der Waals surface area contributed by atoms with Gasteiger partial charge in [0.1, 0.15) is 0 Å². The molecule has 0 bridgehead atoms. The number of hydrogen-bond acceptors (Lipinski definition) is 4. The summed E-state index contributed by atoms with van der Waals surface area (Å²) in [6.07, 6.45) is 2.39. The Hall–Kier alpha value is -1.42. The van der Waals surface area contributed by atoms with Crippen molar-refractivity contribution in [2.24, 2.45) is 0 Å². The summed E-state index contributed by atoms with van der Waals surface area (Å²) in [5, 5.41) is 8.80. The zero-order valence-electron chi connectivity index (χ0n) is 11.6. The largest absolute Gasteiger partial charge is 0.302 e. The van der Waals surface area contributed by atoms with Gasteiger partial charge in [0, 0.05) is 13.1 Å². The highest BCUT2D eigenvalue weighted by atomic mass is 32.2. The van der Waals surface area contributed by atoms with E-state index >= 15 is 0 Å². The van der Waals surface area contributed by atoms with Gasteiger partial charge in [-0.15, -0.1) is 0 Å². The Balaban J connectivity index is 2.00.